The lowest BCUT2D eigenvalue weighted by molar-refractivity contribution is 0.0296. The van der Waals surface area contributed by atoms with Crippen molar-refractivity contribution in [2.75, 3.05) is 31.2 Å². The summed E-state index contributed by atoms with van der Waals surface area (Å²) in [7, 11) is 0. The fourth-order valence-electron chi connectivity index (χ4n) is 3.19. The predicted molar refractivity (Wildman–Crippen MR) is 84.5 cm³/mol. The van der Waals surface area contributed by atoms with Crippen LogP contribution in [0.15, 0.2) is 18.5 Å². The third kappa shape index (κ3) is 4.45. The number of aliphatic hydroxyl groups excluding tert-OH is 1. The number of rotatable bonds is 7. The SMILES string of the molecule is O[C@H](CN(C[C@@H]1CCCO1)[C@H]1CCSC1)Cn1cccn1. The van der Waals surface area contributed by atoms with Gasteiger partial charge < -0.3 is 9.84 Å². The number of hydrogen-bond acceptors (Lipinski definition) is 5. The molecule has 6 heteroatoms. The maximum absolute atomic E-state index is 10.4. The first-order valence-electron chi connectivity index (χ1n) is 7.90. The molecule has 0 amide bonds. The van der Waals surface area contributed by atoms with Crippen molar-refractivity contribution in [3.05, 3.63) is 18.5 Å². The first kappa shape index (κ1) is 15.3. The first-order valence-corrected chi connectivity index (χ1v) is 9.05. The van der Waals surface area contributed by atoms with Crippen LogP contribution in [0.2, 0.25) is 0 Å². The number of ether oxygens (including phenoxy) is 1. The molecule has 2 fully saturated rings. The van der Waals surface area contributed by atoms with Crippen LogP contribution in [0.3, 0.4) is 0 Å². The normalized spacial score (nSPS) is 27.5. The van der Waals surface area contributed by atoms with Gasteiger partial charge in [-0.25, -0.2) is 0 Å². The van der Waals surface area contributed by atoms with Gasteiger partial charge in [-0.2, -0.15) is 16.9 Å². The molecule has 3 rings (SSSR count). The molecular weight excluding hydrogens is 286 g/mol. The summed E-state index contributed by atoms with van der Waals surface area (Å²) in [4.78, 5) is 2.45. The van der Waals surface area contributed by atoms with Gasteiger partial charge in [-0.1, -0.05) is 0 Å². The van der Waals surface area contributed by atoms with E-state index in [0.29, 0.717) is 25.2 Å². The van der Waals surface area contributed by atoms with E-state index in [-0.39, 0.29) is 6.10 Å². The molecule has 0 radical (unpaired) electrons. The lowest BCUT2D eigenvalue weighted by Gasteiger charge is -2.32. The largest absolute Gasteiger partial charge is 0.390 e. The van der Waals surface area contributed by atoms with Crippen molar-refractivity contribution in [3.8, 4) is 0 Å². The topological polar surface area (TPSA) is 50.5 Å². The van der Waals surface area contributed by atoms with Gasteiger partial charge in [0, 0.05) is 43.9 Å². The van der Waals surface area contributed by atoms with Crippen LogP contribution in [-0.2, 0) is 11.3 Å². The van der Waals surface area contributed by atoms with E-state index < -0.39 is 0 Å². The molecule has 5 nitrogen and oxygen atoms in total. The summed E-state index contributed by atoms with van der Waals surface area (Å²) < 4.78 is 7.59. The fraction of sp³-hybridized carbons (Fsp3) is 0.800. The number of thioether (sulfide) groups is 1. The monoisotopic (exact) mass is 311 g/mol. The standard InChI is InChI=1S/C15H25N3O2S/c19-14(10-18-6-2-5-16-18)9-17(13-4-8-21-12-13)11-15-3-1-7-20-15/h2,5-6,13-15,19H,1,3-4,7-12H2/t13-,14+,15-/m0/s1. The van der Waals surface area contributed by atoms with E-state index in [2.05, 4.69) is 10.00 Å². The van der Waals surface area contributed by atoms with E-state index in [1.165, 1.54) is 24.3 Å². The van der Waals surface area contributed by atoms with E-state index in [1.807, 2.05) is 24.0 Å². The molecule has 2 aliphatic heterocycles. The van der Waals surface area contributed by atoms with Gasteiger partial charge in [0.1, 0.15) is 0 Å². The molecule has 1 N–H and O–H groups in total. The Labute approximate surface area is 130 Å². The fourth-order valence-corrected chi connectivity index (χ4v) is 4.44. The Morgan fingerprint density at radius 1 is 1.48 bits per heavy atom. The average Bonchev–Trinajstić information content (AvgIpc) is 3.22. The van der Waals surface area contributed by atoms with Crippen LogP contribution in [0.1, 0.15) is 19.3 Å². The van der Waals surface area contributed by atoms with Gasteiger partial charge in [0.05, 0.1) is 18.8 Å². The molecule has 0 saturated carbocycles. The first-order chi connectivity index (χ1) is 10.3. The van der Waals surface area contributed by atoms with Crippen molar-refractivity contribution in [2.45, 2.75) is 44.1 Å². The molecule has 2 saturated heterocycles. The molecule has 118 valence electrons. The number of hydrogen-bond donors (Lipinski definition) is 1. The summed E-state index contributed by atoms with van der Waals surface area (Å²) in [5, 5.41) is 14.5. The summed E-state index contributed by atoms with van der Waals surface area (Å²) >= 11 is 2.02. The molecule has 0 bridgehead atoms. The summed E-state index contributed by atoms with van der Waals surface area (Å²) in [6.45, 7) is 3.13. The van der Waals surface area contributed by atoms with E-state index in [9.17, 15) is 5.11 Å². The zero-order chi connectivity index (χ0) is 14.5. The average molecular weight is 311 g/mol. The molecule has 3 atom stereocenters. The Morgan fingerprint density at radius 3 is 3.10 bits per heavy atom. The van der Waals surface area contributed by atoms with E-state index in [4.69, 9.17) is 4.74 Å². The summed E-state index contributed by atoms with van der Waals surface area (Å²) in [5.74, 6) is 2.42. The van der Waals surface area contributed by atoms with Crippen molar-refractivity contribution < 1.29 is 9.84 Å². The van der Waals surface area contributed by atoms with Gasteiger partial charge in [0.25, 0.3) is 0 Å². The van der Waals surface area contributed by atoms with Crippen LogP contribution in [0, 0.1) is 0 Å². The van der Waals surface area contributed by atoms with Gasteiger partial charge in [0.2, 0.25) is 0 Å². The van der Waals surface area contributed by atoms with Gasteiger partial charge in [-0.05, 0) is 31.1 Å². The molecule has 1 aromatic rings. The second kappa shape index (κ2) is 7.63. The Kier molecular flexibility index (Phi) is 5.57. The van der Waals surface area contributed by atoms with Crippen LogP contribution in [0.4, 0.5) is 0 Å². The molecule has 1 aromatic heterocycles. The Balaban J connectivity index is 1.55. The molecule has 2 aliphatic rings. The number of aliphatic hydroxyl groups is 1. The predicted octanol–water partition coefficient (Wildman–Crippen LogP) is 1.23. The molecule has 0 unspecified atom stereocenters. The highest BCUT2D eigenvalue weighted by Crippen LogP contribution is 2.24. The Hall–Kier alpha value is -0.560. The summed E-state index contributed by atoms with van der Waals surface area (Å²) in [6.07, 6.45) is 7.19. The highest BCUT2D eigenvalue weighted by atomic mass is 32.2. The minimum Gasteiger partial charge on any atom is -0.390 e. The highest BCUT2D eigenvalue weighted by Gasteiger charge is 2.28. The second-order valence-corrected chi connectivity index (χ2v) is 7.14. The minimum atomic E-state index is -0.378. The molecular formula is C15H25N3O2S. The molecule has 0 aromatic carbocycles. The quantitative estimate of drug-likeness (QED) is 0.821. The van der Waals surface area contributed by atoms with Crippen LogP contribution >= 0.6 is 11.8 Å². The van der Waals surface area contributed by atoms with E-state index >= 15 is 0 Å². The molecule has 0 aliphatic carbocycles. The maximum Gasteiger partial charge on any atom is 0.0862 e. The lowest BCUT2D eigenvalue weighted by atomic mass is 10.1. The minimum absolute atomic E-state index is 0.354. The van der Waals surface area contributed by atoms with Gasteiger partial charge in [0.15, 0.2) is 0 Å². The summed E-state index contributed by atoms with van der Waals surface area (Å²) in [6, 6.07) is 2.48. The third-order valence-corrected chi connectivity index (χ3v) is 5.43. The smallest absolute Gasteiger partial charge is 0.0862 e. The van der Waals surface area contributed by atoms with Crippen molar-refractivity contribution in [2.24, 2.45) is 0 Å². The zero-order valence-corrected chi connectivity index (χ0v) is 13.2. The van der Waals surface area contributed by atoms with Crippen molar-refractivity contribution in [3.63, 3.8) is 0 Å². The van der Waals surface area contributed by atoms with Crippen LogP contribution in [0.25, 0.3) is 0 Å². The number of nitrogens with zero attached hydrogens (tertiary/aromatic N) is 3. The van der Waals surface area contributed by atoms with Crippen LogP contribution in [-0.4, -0.2) is 69.2 Å². The highest BCUT2D eigenvalue weighted by molar-refractivity contribution is 7.99. The van der Waals surface area contributed by atoms with Gasteiger partial charge in [-0.15, -0.1) is 0 Å². The third-order valence-electron chi connectivity index (χ3n) is 4.29. The van der Waals surface area contributed by atoms with Gasteiger partial charge in [-0.3, -0.25) is 9.58 Å². The Bertz CT molecular complexity index is 403. The lowest BCUT2D eigenvalue weighted by Crippen LogP contribution is -2.45. The van der Waals surface area contributed by atoms with Crippen molar-refractivity contribution >= 4 is 11.8 Å². The second-order valence-electron chi connectivity index (χ2n) is 5.99. The van der Waals surface area contributed by atoms with Gasteiger partial charge >= 0.3 is 0 Å². The zero-order valence-electron chi connectivity index (χ0n) is 12.4. The maximum atomic E-state index is 10.4. The van der Waals surface area contributed by atoms with Crippen LogP contribution < -0.4 is 0 Å². The van der Waals surface area contributed by atoms with E-state index in [0.717, 1.165) is 19.6 Å². The summed E-state index contributed by atoms with van der Waals surface area (Å²) in [5.41, 5.74) is 0. The van der Waals surface area contributed by atoms with Crippen LogP contribution in [0.5, 0.6) is 0 Å². The van der Waals surface area contributed by atoms with E-state index in [1.54, 1.807) is 10.9 Å². The molecule has 0 spiro atoms. The molecule has 21 heavy (non-hydrogen) atoms. The van der Waals surface area contributed by atoms with Crippen molar-refractivity contribution in [1.82, 2.24) is 14.7 Å². The Morgan fingerprint density at radius 2 is 2.43 bits per heavy atom. The van der Waals surface area contributed by atoms with Crippen molar-refractivity contribution in [1.29, 1.82) is 0 Å². The molecule has 3 heterocycles. The number of aromatic nitrogens is 2.